The third kappa shape index (κ3) is 4.06. The van der Waals surface area contributed by atoms with E-state index < -0.39 is 5.97 Å². The van der Waals surface area contributed by atoms with Gasteiger partial charge in [0.25, 0.3) is 0 Å². The Hall–Kier alpha value is -1.35. The third-order valence-corrected chi connectivity index (χ3v) is 3.95. The number of nitrogens with zero attached hydrogens (tertiary/aromatic N) is 1. The number of carboxylic acids is 1. The van der Waals surface area contributed by atoms with Crippen molar-refractivity contribution < 1.29 is 9.90 Å². The number of aliphatic carboxylic acids is 1. The molecule has 0 radical (unpaired) electrons. The van der Waals surface area contributed by atoms with Crippen LogP contribution in [0.25, 0.3) is 0 Å². The lowest BCUT2D eigenvalue weighted by atomic mass is 10.0. The number of rotatable bonds is 7. The van der Waals surface area contributed by atoms with E-state index in [0.717, 1.165) is 13.0 Å². The number of carboxylic acid groups (broad SMARTS) is 1. The lowest BCUT2D eigenvalue weighted by molar-refractivity contribution is -0.139. The molecule has 1 aliphatic carbocycles. The fraction of sp³-hybridized carbons (Fsp3) is 0.562. The molecule has 0 saturated heterocycles. The van der Waals surface area contributed by atoms with Crippen LogP contribution in [0.2, 0.25) is 0 Å². The monoisotopic (exact) mass is 261 g/mol. The molecule has 0 amide bonds. The van der Waals surface area contributed by atoms with Crippen molar-refractivity contribution in [1.29, 1.82) is 0 Å². The van der Waals surface area contributed by atoms with Gasteiger partial charge in [-0.25, -0.2) is 0 Å². The van der Waals surface area contributed by atoms with E-state index in [1.165, 1.54) is 24.0 Å². The molecule has 1 aromatic carbocycles. The normalized spacial score (nSPS) is 16.6. The zero-order valence-corrected chi connectivity index (χ0v) is 11.8. The van der Waals surface area contributed by atoms with E-state index in [0.29, 0.717) is 5.92 Å². The number of hydrogen-bond acceptors (Lipinski definition) is 2. The minimum atomic E-state index is -0.738. The van der Waals surface area contributed by atoms with Gasteiger partial charge < -0.3 is 5.11 Å². The van der Waals surface area contributed by atoms with Gasteiger partial charge in [0.05, 0.1) is 6.54 Å². The fourth-order valence-electron chi connectivity index (χ4n) is 2.41. The Morgan fingerprint density at radius 2 is 2.00 bits per heavy atom. The van der Waals surface area contributed by atoms with Crippen molar-refractivity contribution in [2.75, 3.05) is 13.1 Å². The highest BCUT2D eigenvalue weighted by molar-refractivity contribution is 5.69. The Bertz CT molecular complexity index is 423. The van der Waals surface area contributed by atoms with Gasteiger partial charge in [0.1, 0.15) is 0 Å². The van der Waals surface area contributed by atoms with Crippen molar-refractivity contribution in [3.05, 3.63) is 35.4 Å². The summed E-state index contributed by atoms with van der Waals surface area (Å²) in [7, 11) is 0. The van der Waals surface area contributed by atoms with E-state index in [-0.39, 0.29) is 12.6 Å². The van der Waals surface area contributed by atoms with Gasteiger partial charge in [0, 0.05) is 12.6 Å². The first-order valence-corrected chi connectivity index (χ1v) is 7.14. The molecular formula is C16H23NO2. The van der Waals surface area contributed by atoms with Gasteiger partial charge in [0.2, 0.25) is 0 Å². The molecule has 1 fully saturated rings. The minimum Gasteiger partial charge on any atom is -0.480 e. The average Bonchev–Trinajstić information content (AvgIpc) is 3.21. The Balaban J connectivity index is 2.06. The molecule has 2 rings (SSSR count). The zero-order valence-electron chi connectivity index (χ0n) is 11.8. The summed E-state index contributed by atoms with van der Waals surface area (Å²) in [6.45, 7) is 5.28. The van der Waals surface area contributed by atoms with Gasteiger partial charge in [-0.1, -0.05) is 31.2 Å². The molecule has 1 aliphatic rings. The standard InChI is InChI=1S/C16H23NO2/c1-3-13-6-8-15(9-7-13)12(2)17(11-16(18)19)10-14-4-5-14/h6-9,12,14H,3-5,10-11H2,1-2H3,(H,18,19). The first-order chi connectivity index (χ1) is 9.10. The summed E-state index contributed by atoms with van der Waals surface area (Å²) in [5, 5.41) is 9.05. The molecule has 1 aromatic rings. The van der Waals surface area contributed by atoms with Crippen molar-refractivity contribution in [3.8, 4) is 0 Å². The van der Waals surface area contributed by atoms with Crippen molar-refractivity contribution in [2.45, 2.75) is 39.2 Å². The van der Waals surface area contributed by atoms with Crippen LogP contribution >= 0.6 is 0 Å². The summed E-state index contributed by atoms with van der Waals surface area (Å²) in [5.41, 5.74) is 2.53. The highest BCUT2D eigenvalue weighted by atomic mass is 16.4. The van der Waals surface area contributed by atoms with E-state index >= 15 is 0 Å². The molecule has 0 heterocycles. The highest BCUT2D eigenvalue weighted by Crippen LogP contribution is 2.32. The van der Waals surface area contributed by atoms with Crippen LogP contribution in [0.15, 0.2) is 24.3 Å². The zero-order chi connectivity index (χ0) is 13.8. The minimum absolute atomic E-state index is 0.132. The average molecular weight is 261 g/mol. The number of hydrogen-bond donors (Lipinski definition) is 1. The largest absolute Gasteiger partial charge is 0.480 e. The maximum Gasteiger partial charge on any atom is 0.317 e. The molecule has 0 aliphatic heterocycles. The SMILES string of the molecule is CCc1ccc(C(C)N(CC(=O)O)CC2CC2)cc1. The van der Waals surface area contributed by atoms with Gasteiger partial charge in [-0.3, -0.25) is 9.69 Å². The van der Waals surface area contributed by atoms with Crippen LogP contribution in [0, 0.1) is 5.92 Å². The molecule has 1 saturated carbocycles. The van der Waals surface area contributed by atoms with Crippen molar-refractivity contribution in [3.63, 3.8) is 0 Å². The summed E-state index contributed by atoms with van der Waals surface area (Å²) in [6.07, 6.45) is 3.53. The van der Waals surface area contributed by atoms with E-state index in [2.05, 4.69) is 43.0 Å². The molecule has 0 spiro atoms. The van der Waals surface area contributed by atoms with E-state index in [1.54, 1.807) is 0 Å². The first-order valence-electron chi connectivity index (χ1n) is 7.14. The van der Waals surface area contributed by atoms with Crippen molar-refractivity contribution in [2.24, 2.45) is 5.92 Å². The Labute approximate surface area is 115 Å². The van der Waals surface area contributed by atoms with Crippen LogP contribution in [0.1, 0.15) is 43.9 Å². The molecule has 1 N–H and O–H groups in total. The maximum absolute atomic E-state index is 11.0. The topological polar surface area (TPSA) is 40.5 Å². The lowest BCUT2D eigenvalue weighted by Gasteiger charge is -2.28. The molecule has 1 unspecified atom stereocenters. The Morgan fingerprint density at radius 3 is 2.47 bits per heavy atom. The fourth-order valence-corrected chi connectivity index (χ4v) is 2.41. The highest BCUT2D eigenvalue weighted by Gasteiger charge is 2.28. The second kappa shape index (κ2) is 6.20. The summed E-state index contributed by atoms with van der Waals surface area (Å²) in [4.78, 5) is 13.1. The quantitative estimate of drug-likeness (QED) is 0.820. The number of aryl methyl sites for hydroxylation is 1. The van der Waals surface area contributed by atoms with Gasteiger partial charge in [-0.05, 0) is 43.2 Å². The van der Waals surface area contributed by atoms with Gasteiger partial charge in [-0.15, -0.1) is 0 Å². The summed E-state index contributed by atoms with van der Waals surface area (Å²) in [5.74, 6) is -0.0330. The van der Waals surface area contributed by atoms with E-state index in [4.69, 9.17) is 5.11 Å². The van der Waals surface area contributed by atoms with E-state index in [9.17, 15) is 4.79 Å². The van der Waals surface area contributed by atoms with Crippen LogP contribution in [0.5, 0.6) is 0 Å². The van der Waals surface area contributed by atoms with Crippen LogP contribution < -0.4 is 0 Å². The van der Waals surface area contributed by atoms with Gasteiger partial charge in [-0.2, -0.15) is 0 Å². The van der Waals surface area contributed by atoms with E-state index in [1.807, 2.05) is 0 Å². The molecule has 19 heavy (non-hydrogen) atoms. The second-order valence-corrected chi connectivity index (χ2v) is 5.54. The molecule has 0 bridgehead atoms. The van der Waals surface area contributed by atoms with Gasteiger partial charge in [0.15, 0.2) is 0 Å². The van der Waals surface area contributed by atoms with Crippen molar-refractivity contribution in [1.82, 2.24) is 4.90 Å². The summed E-state index contributed by atoms with van der Waals surface area (Å²) >= 11 is 0. The maximum atomic E-state index is 11.0. The van der Waals surface area contributed by atoms with Gasteiger partial charge >= 0.3 is 5.97 Å². The Kier molecular flexibility index (Phi) is 4.59. The smallest absolute Gasteiger partial charge is 0.317 e. The predicted molar refractivity (Wildman–Crippen MR) is 76.2 cm³/mol. The number of benzene rings is 1. The first kappa shape index (κ1) is 14.1. The summed E-state index contributed by atoms with van der Waals surface area (Å²) < 4.78 is 0. The summed E-state index contributed by atoms with van der Waals surface area (Å²) in [6, 6.07) is 8.71. The predicted octanol–water partition coefficient (Wildman–Crippen LogP) is 3.11. The second-order valence-electron chi connectivity index (χ2n) is 5.54. The molecule has 1 atom stereocenters. The molecular weight excluding hydrogens is 238 g/mol. The third-order valence-electron chi connectivity index (χ3n) is 3.95. The van der Waals surface area contributed by atoms with Crippen LogP contribution in [-0.2, 0) is 11.2 Å². The lowest BCUT2D eigenvalue weighted by Crippen LogP contribution is -2.34. The Morgan fingerprint density at radius 1 is 1.37 bits per heavy atom. The van der Waals surface area contributed by atoms with Crippen LogP contribution in [0.4, 0.5) is 0 Å². The molecule has 0 aromatic heterocycles. The van der Waals surface area contributed by atoms with Crippen LogP contribution in [-0.4, -0.2) is 29.1 Å². The number of carbonyl (C=O) groups is 1. The van der Waals surface area contributed by atoms with Crippen molar-refractivity contribution >= 4 is 5.97 Å². The molecule has 3 nitrogen and oxygen atoms in total. The molecule has 3 heteroatoms. The molecule has 104 valence electrons. The van der Waals surface area contributed by atoms with Crippen LogP contribution in [0.3, 0.4) is 0 Å².